The summed E-state index contributed by atoms with van der Waals surface area (Å²) in [5.41, 5.74) is 3.47. The number of sulfonamides is 1. The molecule has 2 N–H and O–H groups in total. The van der Waals surface area contributed by atoms with Crippen LogP contribution in [-0.4, -0.2) is 25.6 Å². The minimum atomic E-state index is -3.80. The van der Waals surface area contributed by atoms with Crippen LogP contribution < -0.4 is 5.14 Å². The second-order valence-corrected chi connectivity index (χ2v) is 9.30. The molecule has 0 fully saturated rings. The van der Waals surface area contributed by atoms with Crippen molar-refractivity contribution in [1.82, 2.24) is 4.57 Å². The Bertz CT molecular complexity index is 1170. The van der Waals surface area contributed by atoms with Crippen LogP contribution in [0.25, 0.3) is 16.9 Å². The Morgan fingerprint density at radius 2 is 1.72 bits per heavy atom. The van der Waals surface area contributed by atoms with E-state index in [0.29, 0.717) is 22.0 Å². The molecule has 0 aliphatic heterocycles. The molecule has 0 amide bonds. The van der Waals surface area contributed by atoms with Crippen LogP contribution in [0.1, 0.15) is 23.0 Å². The highest BCUT2D eigenvalue weighted by Gasteiger charge is 2.26. The molecular formula is C20H18ClIN2O4S. The number of primary sulfonamides is 1. The molecule has 0 bridgehead atoms. The van der Waals surface area contributed by atoms with Crippen LogP contribution in [0.3, 0.4) is 0 Å². The maximum absolute atomic E-state index is 12.6. The predicted molar refractivity (Wildman–Crippen MR) is 121 cm³/mol. The van der Waals surface area contributed by atoms with Crippen LogP contribution in [0.15, 0.2) is 53.4 Å². The van der Waals surface area contributed by atoms with E-state index in [0.717, 1.165) is 14.8 Å². The molecule has 0 spiro atoms. The van der Waals surface area contributed by atoms with Crippen molar-refractivity contribution in [3.05, 3.63) is 68.4 Å². The maximum atomic E-state index is 12.6. The Kier molecular flexibility index (Phi) is 6.37. The molecule has 3 aromatic rings. The number of hydrogen-bond donors (Lipinski definition) is 1. The lowest BCUT2D eigenvalue weighted by atomic mass is 10.1. The fourth-order valence-electron chi connectivity index (χ4n) is 3.07. The summed E-state index contributed by atoms with van der Waals surface area (Å²) in [5.74, 6) is -0.412. The van der Waals surface area contributed by atoms with Gasteiger partial charge >= 0.3 is 5.97 Å². The summed E-state index contributed by atoms with van der Waals surface area (Å²) >= 11 is 8.16. The largest absolute Gasteiger partial charge is 0.462 e. The lowest BCUT2D eigenvalue weighted by Crippen LogP contribution is -2.12. The van der Waals surface area contributed by atoms with Crippen molar-refractivity contribution in [1.29, 1.82) is 0 Å². The Labute approximate surface area is 187 Å². The standard InChI is InChI=1S/C20H18ClIN2O4S/c1-3-28-20(25)17-12(2)24(15-8-10-16(11-9-15)29(23,26)27)19(18(17)22)13-4-6-14(21)7-5-13/h4-11H,3H2,1-2H3,(H2,23,26,27). The molecule has 0 saturated heterocycles. The number of rotatable bonds is 5. The van der Waals surface area contributed by atoms with Crippen molar-refractivity contribution in [3.63, 3.8) is 0 Å². The van der Waals surface area contributed by atoms with E-state index in [9.17, 15) is 13.2 Å². The summed E-state index contributed by atoms with van der Waals surface area (Å²) < 4.78 is 31.0. The molecule has 6 nitrogen and oxygen atoms in total. The van der Waals surface area contributed by atoms with E-state index in [1.807, 2.05) is 23.6 Å². The minimum absolute atomic E-state index is 0.0133. The number of hydrogen-bond acceptors (Lipinski definition) is 4. The number of halogens is 2. The fourth-order valence-corrected chi connectivity index (χ4v) is 4.87. The normalized spacial score (nSPS) is 11.5. The number of nitrogens with two attached hydrogens (primary N) is 1. The Balaban J connectivity index is 2.28. The molecular weight excluding hydrogens is 527 g/mol. The van der Waals surface area contributed by atoms with Crippen LogP contribution in [0.4, 0.5) is 0 Å². The van der Waals surface area contributed by atoms with Crippen molar-refractivity contribution in [2.24, 2.45) is 5.14 Å². The maximum Gasteiger partial charge on any atom is 0.341 e. The summed E-state index contributed by atoms with van der Waals surface area (Å²) in [6.07, 6.45) is 0. The first-order valence-electron chi connectivity index (χ1n) is 8.62. The molecule has 0 saturated carbocycles. The van der Waals surface area contributed by atoms with Crippen molar-refractivity contribution in [2.45, 2.75) is 18.7 Å². The van der Waals surface area contributed by atoms with Gasteiger partial charge < -0.3 is 9.30 Å². The van der Waals surface area contributed by atoms with E-state index in [2.05, 4.69) is 22.6 Å². The predicted octanol–water partition coefficient (Wildman–Crippen LogP) is 4.53. The van der Waals surface area contributed by atoms with Gasteiger partial charge in [0.05, 0.1) is 26.3 Å². The highest BCUT2D eigenvalue weighted by atomic mass is 127. The van der Waals surface area contributed by atoms with Gasteiger partial charge in [0.15, 0.2) is 0 Å². The van der Waals surface area contributed by atoms with Gasteiger partial charge in [0.25, 0.3) is 0 Å². The Morgan fingerprint density at radius 3 is 2.24 bits per heavy atom. The van der Waals surface area contributed by atoms with E-state index in [1.165, 1.54) is 12.1 Å². The van der Waals surface area contributed by atoms with Gasteiger partial charge in [-0.1, -0.05) is 23.7 Å². The van der Waals surface area contributed by atoms with Crippen LogP contribution in [0.5, 0.6) is 0 Å². The second-order valence-electron chi connectivity index (χ2n) is 6.22. The van der Waals surface area contributed by atoms with Crippen LogP contribution >= 0.6 is 34.2 Å². The van der Waals surface area contributed by atoms with Gasteiger partial charge in [-0.05, 0) is 78.4 Å². The highest BCUT2D eigenvalue weighted by molar-refractivity contribution is 14.1. The summed E-state index contributed by atoms with van der Waals surface area (Å²) in [4.78, 5) is 12.6. The number of ether oxygens (including phenoxy) is 1. The molecule has 29 heavy (non-hydrogen) atoms. The molecule has 9 heteroatoms. The molecule has 152 valence electrons. The average Bonchev–Trinajstić information content (AvgIpc) is 2.92. The Hall–Kier alpha value is -1.88. The first-order valence-corrected chi connectivity index (χ1v) is 11.6. The van der Waals surface area contributed by atoms with Crippen LogP contribution in [0, 0.1) is 10.5 Å². The van der Waals surface area contributed by atoms with Crippen molar-refractivity contribution < 1.29 is 17.9 Å². The zero-order chi connectivity index (χ0) is 21.3. The SMILES string of the molecule is CCOC(=O)c1c(I)c(-c2ccc(Cl)cc2)n(-c2ccc(S(N)(=O)=O)cc2)c1C. The Morgan fingerprint density at radius 1 is 1.14 bits per heavy atom. The molecule has 1 aromatic heterocycles. The second kappa shape index (κ2) is 8.47. The van der Waals surface area contributed by atoms with E-state index in [4.69, 9.17) is 21.5 Å². The zero-order valence-electron chi connectivity index (χ0n) is 15.6. The zero-order valence-corrected chi connectivity index (χ0v) is 19.4. The van der Waals surface area contributed by atoms with E-state index < -0.39 is 16.0 Å². The third-order valence-corrected chi connectivity index (χ3v) is 6.60. The van der Waals surface area contributed by atoms with Crippen molar-refractivity contribution in [2.75, 3.05) is 6.61 Å². The highest BCUT2D eigenvalue weighted by Crippen LogP contribution is 2.36. The van der Waals surface area contributed by atoms with Gasteiger partial charge in [-0.2, -0.15) is 0 Å². The summed E-state index contributed by atoms with van der Waals surface area (Å²) in [5, 5.41) is 5.80. The first-order chi connectivity index (χ1) is 13.6. The molecule has 0 unspecified atom stereocenters. The quantitative estimate of drug-likeness (QED) is 0.377. The van der Waals surface area contributed by atoms with Gasteiger partial charge in [0.1, 0.15) is 0 Å². The topological polar surface area (TPSA) is 91.4 Å². The van der Waals surface area contributed by atoms with Crippen LogP contribution in [-0.2, 0) is 14.8 Å². The van der Waals surface area contributed by atoms with Gasteiger partial charge in [0.2, 0.25) is 10.0 Å². The summed E-state index contributed by atoms with van der Waals surface area (Å²) in [6, 6.07) is 13.4. The summed E-state index contributed by atoms with van der Waals surface area (Å²) in [6.45, 7) is 3.84. The summed E-state index contributed by atoms with van der Waals surface area (Å²) in [7, 11) is -3.80. The van der Waals surface area contributed by atoms with Crippen molar-refractivity contribution >= 4 is 50.2 Å². The van der Waals surface area contributed by atoms with Crippen LogP contribution in [0.2, 0.25) is 5.02 Å². The molecule has 0 aliphatic carbocycles. The number of aromatic nitrogens is 1. The fraction of sp³-hybridized carbons (Fsp3) is 0.150. The van der Waals surface area contributed by atoms with E-state index in [-0.39, 0.29) is 11.5 Å². The average molecular weight is 545 g/mol. The van der Waals surface area contributed by atoms with Gasteiger partial charge in [0, 0.05) is 16.4 Å². The molecule has 0 radical (unpaired) electrons. The van der Waals surface area contributed by atoms with E-state index in [1.54, 1.807) is 31.2 Å². The first kappa shape index (κ1) is 21.8. The minimum Gasteiger partial charge on any atom is -0.462 e. The van der Waals surface area contributed by atoms with E-state index >= 15 is 0 Å². The number of esters is 1. The lowest BCUT2D eigenvalue weighted by Gasteiger charge is -2.13. The molecule has 1 heterocycles. The van der Waals surface area contributed by atoms with Gasteiger partial charge in [-0.25, -0.2) is 18.4 Å². The lowest BCUT2D eigenvalue weighted by molar-refractivity contribution is 0.0524. The molecule has 0 aliphatic rings. The van der Waals surface area contributed by atoms with Crippen molar-refractivity contribution in [3.8, 4) is 16.9 Å². The third kappa shape index (κ3) is 4.35. The number of carbonyl (C=O) groups excluding carboxylic acids is 1. The monoisotopic (exact) mass is 544 g/mol. The number of nitrogens with zero attached hydrogens (tertiary/aromatic N) is 1. The number of carbonyl (C=O) groups is 1. The molecule has 3 rings (SSSR count). The van der Waals surface area contributed by atoms with Gasteiger partial charge in [-0.15, -0.1) is 0 Å². The smallest absolute Gasteiger partial charge is 0.341 e. The number of benzene rings is 2. The van der Waals surface area contributed by atoms with Gasteiger partial charge in [-0.3, -0.25) is 0 Å². The molecule has 0 atom stereocenters. The molecule has 2 aromatic carbocycles. The third-order valence-electron chi connectivity index (χ3n) is 4.37.